The molecule has 0 unspecified atom stereocenters. The summed E-state index contributed by atoms with van der Waals surface area (Å²) in [6, 6.07) is 3.09. The van der Waals surface area contributed by atoms with Crippen LogP contribution in [0.2, 0.25) is 0 Å². The number of hydrogen-bond acceptors (Lipinski definition) is 2. The second kappa shape index (κ2) is 5.74. The maximum absolute atomic E-state index is 13.7. The normalized spacial score (nSPS) is 22.0. The third-order valence-electron chi connectivity index (χ3n) is 4.48. The maximum Gasteiger partial charge on any atom is 0.407 e. The van der Waals surface area contributed by atoms with E-state index in [1.165, 1.54) is 11.0 Å². The number of likely N-dealkylation sites (tertiary alicyclic amines) is 1. The Bertz CT molecular complexity index is 571. The lowest BCUT2D eigenvalue weighted by molar-refractivity contribution is -0.00455. The Labute approximate surface area is 128 Å². The van der Waals surface area contributed by atoms with E-state index < -0.39 is 23.3 Å². The summed E-state index contributed by atoms with van der Waals surface area (Å²) in [5, 5.41) is 9.45. The summed E-state index contributed by atoms with van der Waals surface area (Å²) < 4.78 is 32.2. The van der Waals surface area contributed by atoms with Crippen molar-refractivity contribution in [2.24, 2.45) is 5.41 Å². The number of carboxylic acid groups (broad SMARTS) is 1. The molecule has 0 radical (unpaired) electrons. The lowest BCUT2D eigenvalue weighted by Gasteiger charge is -2.46. The van der Waals surface area contributed by atoms with Crippen LogP contribution in [-0.2, 0) is 0 Å². The van der Waals surface area contributed by atoms with Crippen LogP contribution in [0.15, 0.2) is 18.2 Å². The Morgan fingerprint density at radius 1 is 1.41 bits per heavy atom. The van der Waals surface area contributed by atoms with E-state index in [1.807, 2.05) is 20.8 Å². The van der Waals surface area contributed by atoms with Gasteiger partial charge in [-0.25, -0.2) is 13.6 Å². The van der Waals surface area contributed by atoms with Gasteiger partial charge in [0.2, 0.25) is 0 Å². The second-order valence-electron chi connectivity index (χ2n) is 6.68. The molecule has 1 saturated heterocycles. The Kier molecular flexibility index (Phi) is 4.31. The highest BCUT2D eigenvalue weighted by atomic mass is 19.1. The van der Waals surface area contributed by atoms with E-state index in [9.17, 15) is 18.7 Å². The predicted octanol–water partition coefficient (Wildman–Crippen LogP) is 3.90. The summed E-state index contributed by atoms with van der Waals surface area (Å²) in [7, 11) is 0. The molecule has 1 aliphatic heterocycles. The van der Waals surface area contributed by atoms with Crippen LogP contribution in [0, 0.1) is 17.0 Å². The third-order valence-corrected chi connectivity index (χ3v) is 4.48. The Morgan fingerprint density at radius 2 is 2.09 bits per heavy atom. The molecule has 1 heterocycles. The van der Waals surface area contributed by atoms with E-state index in [4.69, 9.17) is 4.74 Å². The topological polar surface area (TPSA) is 49.8 Å². The number of halogens is 2. The van der Waals surface area contributed by atoms with Crippen molar-refractivity contribution in [3.63, 3.8) is 0 Å². The van der Waals surface area contributed by atoms with Crippen molar-refractivity contribution in [3.8, 4) is 5.75 Å². The summed E-state index contributed by atoms with van der Waals surface area (Å²) in [4.78, 5) is 12.9. The van der Waals surface area contributed by atoms with E-state index >= 15 is 0 Å². The van der Waals surface area contributed by atoms with Crippen molar-refractivity contribution in [1.29, 1.82) is 0 Å². The van der Waals surface area contributed by atoms with Gasteiger partial charge in [0, 0.05) is 12.6 Å². The minimum Gasteiger partial charge on any atom is -0.488 e. The average Bonchev–Trinajstić information content (AvgIpc) is 2.82. The van der Waals surface area contributed by atoms with Crippen LogP contribution in [0.5, 0.6) is 5.75 Å². The van der Waals surface area contributed by atoms with Crippen LogP contribution < -0.4 is 4.74 Å². The molecular formula is C16H21F2NO3. The fourth-order valence-corrected chi connectivity index (χ4v) is 3.09. The summed E-state index contributed by atoms with van der Waals surface area (Å²) in [5.74, 6) is -1.53. The largest absolute Gasteiger partial charge is 0.488 e. The van der Waals surface area contributed by atoms with Gasteiger partial charge >= 0.3 is 6.09 Å². The predicted molar refractivity (Wildman–Crippen MR) is 78.0 cm³/mol. The number of ether oxygens (including phenoxy) is 1. The monoisotopic (exact) mass is 313 g/mol. The van der Waals surface area contributed by atoms with Gasteiger partial charge < -0.3 is 9.84 Å². The number of amides is 1. The molecule has 0 aromatic heterocycles. The molecule has 0 aliphatic carbocycles. The molecule has 1 aromatic carbocycles. The van der Waals surface area contributed by atoms with Gasteiger partial charge in [0.1, 0.15) is 12.4 Å². The molecule has 0 bridgehead atoms. The Morgan fingerprint density at radius 3 is 2.64 bits per heavy atom. The smallest absolute Gasteiger partial charge is 0.407 e. The average molecular weight is 313 g/mol. The van der Waals surface area contributed by atoms with Gasteiger partial charge in [-0.1, -0.05) is 20.8 Å². The van der Waals surface area contributed by atoms with E-state index in [0.29, 0.717) is 13.0 Å². The molecule has 1 amide bonds. The first-order valence-electron chi connectivity index (χ1n) is 7.26. The van der Waals surface area contributed by atoms with E-state index in [1.54, 1.807) is 0 Å². The molecule has 0 spiro atoms. The molecule has 2 rings (SSSR count). The fraction of sp³-hybridized carbons (Fsp3) is 0.562. The number of nitrogens with zero attached hydrogens (tertiary/aromatic N) is 1. The van der Waals surface area contributed by atoms with Crippen LogP contribution in [0.25, 0.3) is 0 Å². The molecule has 0 saturated carbocycles. The molecule has 1 aromatic rings. The molecule has 1 atom stereocenters. The zero-order chi connectivity index (χ0) is 16.5. The molecule has 4 nitrogen and oxygen atoms in total. The van der Waals surface area contributed by atoms with Crippen LogP contribution in [0.4, 0.5) is 13.6 Å². The van der Waals surface area contributed by atoms with Crippen molar-refractivity contribution < 1.29 is 23.4 Å². The minimum atomic E-state index is -1.00. The Balaban J connectivity index is 2.27. The number of benzene rings is 1. The highest BCUT2D eigenvalue weighted by Crippen LogP contribution is 2.44. The van der Waals surface area contributed by atoms with Crippen molar-refractivity contribution >= 4 is 6.09 Å². The van der Waals surface area contributed by atoms with Crippen molar-refractivity contribution in [1.82, 2.24) is 4.90 Å². The van der Waals surface area contributed by atoms with Gasteiger partial charge in [-0.15, -0.1) is 0 Å². The fourth-order valence-electron chi connectivity index (χ4n) is 3.09. The van der Waals surface area contributed by atoms with Gasteiger partial charge in [-0.3, -0.25) is 4.90 Å². The summed E-state index contributed by atoms with van der Waals surface area (Å²) in [6.07, 6.45) is 0.375. The van der Waals surface area contributed by atoms with Crippen LogP contribution in [0.1, 0.15) is 33.6 Å². The second-order valence-corrected chi connectivity index (χ2v) is 6.68. The zero-order valence-electron chi connectivity index (χ0n) is 13.0. The summed E-state index contributed by atoms with van der Waals surface area (Å²) in [5.41, 5.74) is -1.11. The molecule has 22 heavy (non-hydrogen) atoms. The van der Waals surface area contributed by atoms with E-state index in [2.05, 4.69) is 0 Å². The molecule has 6 heteroatoms. The first kappa shape index (κ1) is 16.5. The quantitative estimate of drug-likeness (QED) is 0.920. The molecule has 122 valence electrons. The van der Waals surface area contributed by atoms with Gasteiger partial charge in [-0.2, -0.15) is 0 Å². The molecule has 1 fully saturated rings. The van der Waals surface area contributed by atoms with Crippen molar-refractivity contribution in [2.45, 2.75) is 39.2 Å². The van der Waals surface area contributed by atoms with Gasteiger partial charge in [0.15, 0.2) is 11.6 Å². The first-order chi connectivity index (χ1) is 10.2. The molecular weight excluding hydrogens is 292 g/mol. The van der Waals surface area contributed by atoms with E-state index in [-0.39, 0.29) is 17.8 Å². The lowest BCUT2D eigenvalue weighted by atomic mass is 9.72. The number of hydrogen-bond donors (Lipinski definition) is 1. The molecule has 1 aliphatic rings. The zero-order valence-corrected chi connectivity index (χ0v) is 13.0. The van der Waals surface area contributed by atoms with E-state index in [0.717, 1.165) is 18.6 Å². The standard InChI is InChI=1S/C16H21F2NO3/c1-15(2,3)16(7-4-8-19(16)14(20)21)10-22-13-6-5-11(17)9-12(13)18/h5-6,9H,4,7-8,10H2,1-3H3,(H,20,21)/t16-/m1/s1. The summed E-state index contributed by atoms with van der Waals surface area (Å²) >= 11 is 0. The number of rotatable bonds is 3. The maximum atomic E-state index is 13.7. The number of carbonyl (C=O) groups is 1. The lowest BCUT2D eigenvalue weighted by Crippen LogP contribution is -2.58. The van der Waals surface area contributed by atoms with Gasteiger partial charge in [0.05, 0.1) is 5.54 Å². The van der Waals surface area contributed by atoms with Gasteiger partial charge in [-0.05, 0) is 30.4 Å². The minimum absolute atomic E-state index is 0.0331. The van der Waals surface area contributed by atoms with Crippen LogP contribution in [-0.4, -0.2) is 34.8 Å². The van der Waals surface area contributed by atoms with Crippen molar-refractivity contribution in [3.05, 3.63) is 29.8 Å². The van der Waals surface area contributed by atoms with Crippen molar-refractivity contribution in [2.75, 3.05) is 13.2 Å². The summed E-state index contributed by atoms with van der Waals surface area (Å²) in [6.45, 7) is 6.29. The van der Waals surface area contributed by atoms with Crippen LogP contribution >= 0.6 is 0 Å². The third kappa shape index (κ3) is 2.87. The highest BCUT2D eigenvalue weighted by Gasteiger charge is 2.52. The molecule has 1 N–H and O–H groups in total. The van der Waals surface area contributed by atoms with Gasteiger partial charge in [0.25, 0.3) is 0 Å². The highest BCUT2D eigenvalue weighted by molar-refractivity contribution is 5.67. The first-order valence-corrected chi connectivity index (χ1v) is 7.26. The Hall–Kier alpha value is -1.85. The van der Waals surface area contributed by atoms with Crippen LogP contribution in [0.3, 0.4) is 0 Å². The SMILES string of the molecule is CC(C)(C)[C@]1(COc2ccc(F)cc2F)CCCN1C(=O)O.